The molecule has 1 aromatic rings. The molecule has 0 atom stereocenters. The van der Waals surface area contributed by atoms with E-state index in [9.17, 15) is 13.2 Å². The van der Waals surface area contributed by atoms with Gasteiger partial charge in [0.25, 0.3) is 0 Å². The molecule has 0 radical (unpaired) electrons. The quantitative estimate of drug-likeness (QED) is 0.682. The van der Waals surface area contributed by atoms with Crippen molar-refractivity contribution >= 4 is 0 Å². The summed E-state index contributed by atoms with van der Waals surface area (Å²) in [7, 11) is 0. The minimum Gasteiger partial charge on any atom is -0.390 e. The second-order valence-electron chi connectivity index (χ2n) is 2.33. The van der Waals surface area contributed by atoms with Crippen molar-refractivity contribution in [3.8, 4) is 0 Å². The average Bonchev–Trinajstić information content (AvgIpc) is 2.29. The Morgan fingerprint density at radius 2 is 2.08 bits per heavy atom. The SMILES string of the molecule is Cc1c(C(F)(F)F)n[nH]c1CO. The van der Waals surface area contributed by atoms with Crippen LogP contribution in [0.5, 0.6) is 0 Å². The molecule has 12 heavy (non-hydrogen) atoms. The summed E-state index contributed by atoms with van der Waals surface area (Å²) in [6.07, 6.45) is -4.45. The highest BCUT2D eigenvalue weighted by Gasteiger charge is 2.36. The molecule has 0 aliphatic rings. The summed E-state index contributed by atoms with van der Waals surface area (Å²) in [4.78, 5) is 0. The molecule has 1 heterocycles. The third kappa shape index (κ3) is 1.42. The molecular weight excluding hydrogens is 173 g/mol. The Morgan fingerprint density at radius 1 is 1.50 bits per heavy atom. The molecule has 0 saturated heterocycles. The van der Waals surface area contributed by atoms with Crippen LogP contribution in [0.2, 0.25) is 0 Å². The van der Waals surface area contributed by atoms with Crippen LogP contribution in [0, 0.1) is 6.92 Å². The molecule has 68 valence electrons. The summed E-state index contributed by atoms with van der Waals surface area (Å²) in [5, 5.41) is 13.7. The molecule has 0 aliphatic carbocycles. The highest BCUT2D eigenvalue weighted by atomic mass is 19.4. The lowest BCUT2D eigenvalue weighted by Gasteiger charge is -2.02. The van der Waals surface area contributed by atoms with Crippen molar-refractivity contribution in [3.05, 3.63) is 17.0 Å². The Hall–Kier alpha value is -1.04. The lowest BCUT2D eigenvalue weighted by atomic mass is 10.2. The van der Waals surface area contributed by atoms with Gasteiger partial charge in [0.15, 0.2) is 5.69 Å². The number of nitrogens with zero attached hydrogens (tertiary/aromatic N) is 1. The maximum atomic E-state index is 12.0. The van der Waals surface area contributed by atoms with E-state index in [0.29, 0.717) is 0 Å². The van der Waals surface area contributed by atoms with E-state index in [0.717, 1.165) is 0 Å². The minimum atomic E-state index is -4.45. The van der Waals surface area contributed by atoms with Gasteiger partial charge in [-0.2, -0.15) is 18.3 Å². The zero-order chi connectivity index (χ0) is 9.35. The van der Waals surface area contributed by atoms with Crippen molar-refractivity contribution in [2.45, 2.75) is 19.7 Å². The van der Waals surface area contributed by atoms with Crippen LogP contribution < -0.4 is 0 Å². The fraction of sp³-hybridized carbons (Fsp3) is 0.500. The number of alkyl halides is 3. The number of hydrogen-bond acceptors (Lipinski definition) is 2. The fourth-order valence-electron chi connectivity index (χ4n) is 0.864. The van der Waals surface area contributed by atoms with Crippen LogP contribution in [0.1, 0.15) is 17.0 Å². The van der Waals surface area contributed by atoms with Crippen LogP contribution in [0.4, 0.5) is 13.2 Å². The van der Waals surface area contributed by atoms with Crippen LogP contribution >= 0.6 is 0 Å². The van der Waals surface area contributed by atoms with Crippen LogP contribution in [-0.2, 0) is 12.8 Å². The van der Waals surface area contributed by atoms with E-state index >= 15 is 0 Å². The van der Waals surface area contributed by atoms with Gasteiger partial charge in [0.05, 0.1) is 12.3 Å². The maximum absolute atomic E-state index is 12.0. The Balaban J connectivity index is 3.11. The maximum Gasteiger partial charge on any atom is 0.435 e. The molecule has 6 heteroatoms. The van der Waals surface area contributed by atoms with Crippen LogP contribution in [-0.4, -0.2) is 15.3 Å². The van der Waals surface area contributed by atoms with Crippen molar-refractivity contribution in [3.63, 3.8) is 0 Å². The third-order valence-corrected chi connectivity index (χ3v) is 1.54. The standard InChI is InChI=1S/C6H7F3N2O/c1-3-4(2-12)10-11-5(3)6(7,8)9/h12H,2H2,1H3,(H,10,11). The van der Waals surface area contributed by atoms with Gasteiger partial charge in [-0.05, 0) is 6.92 Å². The normalized spacial score (nSPS) is 12.1. The second-order valence-corrected chi connectivity index (χ2v) is 2.33. The Labute approximate surface area is 66.2 Å². The first-order chi connectivity index (χ1) is 5.46. The van der Waals surface area contributed by atoms with Gasteiger partial charge < -0.3 is 5.11 Å². The summed E-state index contributed by atoms with van der Waals surface area (Å²) in [5.74, 6) is 0. The van der Waals surface area contributed by atoms with E-state index in [1.165, 1.54) is 6.92 Å². The van der Waals surface area contributed by atoms with Gasteiger partial charge in [0, 0.05) is 5.56 Å². The Bertz CT molecular complexity index is 279. The molecule has 0 aliphatic heterocycles. The molecule has 1 aromatic heterocycles. The lowest BCUT2D eigenvalue weighted by molar-refractivity contribution is -0.141. The van der Waals surface area contributed by atoms with E-state index < -0.39 is 18.5 Å². The molecule has 3 nitrogen and oxygen atoms in total. The first kappa shape index (κ1) is 9.05. The number of H-pyrrole nitrogens is 1. The first-order valence-electron chi connectivity index (χ1n) is 3.18. The number of nitrogens with one attached hydrogen (secondary N) is 1. The topological polar surface area (TPSA) is 48.9 Å². The number of aromatic nitrogens is 2. The summed E-state index contributed by atoms with van der Waals surface area (Å²) in [6, 6.07) is 0. The van der Waals surface area contributed by atoms with E-state index in [4.69, 9.17) is 5.11 Å². The molecule has 0 fully saturated rings. The monoisotopic (exact) mass is 180 g/mol. The highest BCUT2D eigenvalue weighted by molar-refractivity contribution is 5.24. The van der Waals surface area contributed by atoms with Crippen molar-refractivity contribution in [1.82, 2.24) is 10.2 Å². The average molecular weight is 180 g/mol. The van der Waals surface area contributed by atoms with Gasteiger partial charge in [0.2, 0.25) is 0 Å². The summed E-state index contributed by atoms with van der Waals surface area (Å²) in [6.45, 7) is 0.798. The largest absolute Gasteiger partial charge is 0.435 e. The number of aromatic amines is 1. The first-order valence-corrected chi connectivity index (χ1v) is 3.18. The molecule has 0 amide bonds. The third-order valence-electron chi connectivity index (χ3n) is 1.54. The van der Waals surface area contributed by atoms with Gasteiger partial charge in [-0.15, -0.1) is 0 Å². The molecule has 0 saturated carbocycles. The number of aliphatic hydroxyl groups excluding tert-OH is 1. The number of hydrogen-bond donors (Lipinski definition) is 2. The van der Waals surface area contributed by atoms with E-state index in [1.807, 2.05) is 0 Å². The van der Waals surface area contributed by atoms with E-state index in [1.54, 1.807) is 0 Å². The zero-order valence-corrected chi connectivity index (χ0v) is 6.24. The smallest absolute Gasteiger partial charge is 0.390 e. The van der Waals surface area contributed by atoms with Gasteiger partial charge in [-0.1, -0.05) is 0 Å². The van der Waals surface area contributed by atoms with Crippen molar-refractivity contribution in [2.24, 2.45) is 0 Å². The number of aliphatic hydroxyl groups is 1. The molecule has 1 rings (SSSR count). The molecule has 0 aromatic carbocycles. The summed E-state index contributed by atoms with van der Waals surface area (Å²) < 4.78 is 36.1. The predicted molar refractivity (Wildman–Crippen MR) is 34.2 cm³/mol. The van der Waals surface area contributed by atoms with Crippen LogP contribution in [0.3, 0.4) is 0 Å². The molecular formula is C6H7F3N2O. The lowest BCUT2D eigenvalue weighted by Crippen LogP contribution is -2.07. The molecule has 0 spiro atoms. The van der Waals surface area contributed by atoms with Gasteiger partial charge in [-0.25, -0.2) is 0 Å². The molecule has 0 unspecified atom stereocenters. The number of halogens is 3. The Kier molecular flexibility index (Phi) is 2.10. The fourth-order valence-corrected chi connectivity index (χ4v) is 0.864. The van der Waals surface area contributed by atoms with Gasteiger partial charge in [0.1, 0.15) is 0 Å². The highest BCUT2D eigenvalue weighted by Crippen LogP contribution is 2.30. The summed E-state index contributed by atoms with van der Waals surface area (Å²) >= 11 is 0. The number of rotatable bonds is 1. The van der Waals surface area contributed by atoms with Crippen LogP contribution in [0.25, 0.3) is 0 Å². The van der Waals surface area contributed by atoms with Gasteiger partial charge >= 0.3 is 6.18 Å². The van der Waals surface area contributed by atoms with Crippen molar-refractivity contribution in [1.29, 1.82) is 0 Å². The zero-order valence-electron chi connectivity index (χ0n) is 6.24. The van der Waals surface area contributed by atoms with Crippen LogP contribution in [0.15, 0.2) is 0 Å². The van der Waals surface area contributed by atoms with Crippen molar-refractivity contribution < 1.29 is 18.3 Å². The predicted octanol–water partition coefficient (Wildman–Crippen LogP) is 1.23. The van der Waals surface area contributed by atoms with E-state index in [2.05, 4.69) is 10.2 Å². The van der Waals surface area contributed by atoms with Crippen molar-refractivity contribution in [2.75, 3.05) is 0 Å². The Morgan fingerprint density at radius 3 is 2.33 bits per heavy atom. The summed E-state index contributed by atoms with van der Waals surface area (Å²) in [5.41, 5.74) is -0.918. The second kappa shape index (κ2) is 2.78. The van der Waals surface area contributed by atoms with Gasteiger partial charge in [-0.3, -0.25) is 5.10 Å². The molecule has 2 N–H and O–H groups in total. The minimum absolute atomic E-state index is 0.0509. The molecule has 0 bridgehead atoms. The van der Waals surface area contributed by atoms with E-state index in [-0.39, 0.29) is 11.3 Å².